The van der Waals surface area contributed by atoms with Crippen LogP contribution in [-0.2, 0) is 25.1 Å². The SMILES string of the molecule is CCOc1cc(NC(=O)c2ccc(Cl)c(N=NC(C(C)=O)C(=O)Nc3ccc(NC(=O)C(N=Nc4cc(C(=O)Nc5ccc(C(C)Cl)c(OCC)c5)ccc4Cl)C(C)=O)c(CCl)c3)c2)ccc1C(C)Cl. The van der Waals surface area contributed by atoms with Crippen molar-refractivity contribution < 1.29 is 38.2 Å². The molecule has 70 heavy (non-hydrogen) atoms. The molecule has 4 atom stereocenters. The molecule has 0 aliphatic rings. The lowest BCUT2D eigenvalue weighted by Crippen LogP contribution is -2.32. The molecule has 0 radical (unpaired) electrons. The molecule has 5 aromatic rings. The van der Waals surface area contributed by atoms with Gasteiger partial charge in [0.2, 0.25) is 12.1 Å². The second kappa shape index (κ2) is 25.4. The van der Waals surface area contributed by atoms with Gasteiger partial charge < -0.3 is 30.7 Å². The molecule has 0 spiro atoms. The number of hydrogen-bond donors (Lipinski definition) is 4. The van der Waals surface area contributed by atoms with Crippen molar-refractivity contribution in [3.8, 4) is 11.5 Å². The maximum atomic E-state index is 13.5. The Kier molecular flexibility index (Phi) is 19.8. The maximum absolute atomic E-state index is 13.5. The highest BCUT2D eigenvalue weighted by molar-refractivity contribution is 6.33. The third kappa shape index (κ3) is 14.6. The van der Waals surface area contributed by atoms with Gasteiger partial charge in [-0.1, -0.05) is 35.3 Å². The smallest absolute Gasteiger partial charge is 0.258 e. The van der Waals surface area contributed by atoms with E-state index < -0.39 is 47.3 Å². The molecule has 0 aromatic heterocycles. The van der Waals surface area contributed by atoms with Crippen LogP contribution in [0.25, 0.3) is 0 Å². The third-order valence-corrected chi connectivity index (χ3v) is 11.4. The van der Waals surface area contributed by atoms with Gasteiger partial charge in [-0.2, -0.15) is 20.5 Å². The summed E-state index contributed by atoms with van der Waals surface area (Å²) in [5.41, 5.74) is 3.41. The molecule has 21 heteroatoms. The van der Waals surface area contributed by atoms with E-state index in [2.05, 4.69) is 41.7 Å². The van der Waals surface area contributed by atoms with E-state index in [0.29, 0.717) is 41.7 Å². The number of amides is 4. The number of halogens is 5. The minimum Gasteiger partial charge on any atom is -0.493 e. The van der Waals surface area contributed by atoms with Gasteiger partial charge in [0.25, 0.3) is 23.6 Å². The number of rotatable bonds is 21. The van der Waals surface area contributed by atoms with Crippen LogP contribution in [0.3, 0.4) is 0 Å². The number of alkyl halides is 3. The second-order valence-electron chi connectivity index (χ2n) is 15.3. The lowest BCUT2D eigenvalue weighted by atomic mass is 10.1. The van der Waals surface area contributed by atoms with E-state index >= 15 is 0 Å². The summed E-state index contributed by atoms with van der Waals surface area (Å²) in [6.45, 7) is 10.4. The van der Waals surface area contributed by atoms with Gasteiger partial charge in [-0.3, -0.25) is 28.8 Å². The van der Waals surface area contributed by atoms with Crippen molar-refractivity contribution in [3.63, 3.8) is 0 Å². The third-order valence-electron chi connectivity index (χ3n) is 10.0. The number of azo groups is 2. The van der Waals surface area contributed by atoms with Crippen molar-refractivity contribution in [1.82, 2.24) is 0 Å². The van der Waals surface area contributed by atoms with Crippen LogP contribution in [0.5, 0.6) is 11.5 Å². The summed E-state index contributed by atoms with van der Waals surface area (Å²) in [6, 6.07) is 19.7. The van der Waals surface area contributed by atoms with E-state index in [-0.39, 0.29) is 60.6 Å². The lowest BCUT2D eigenvalue weighted by molar-refractivity contribution is -0.127. The number of carbonyl (C=O) groups excluding carboxylic acids is 6. The number of ketones is 2. The van der Waals surface area contributed by atoms with Crippen LogP contribution < -0.4 is 30.7 Å². The topological polar surface area (TPSA) is 218 Å². The number of benzene rings is 5. The Labute approximate surface area is 428 Å². The van der Waals surface area contributed by atoms with Crippen LogP contribution in [0.1, 0.15) is 89.7 Å². The molecule has 0 aliphatic heterocycles. The molecule has 0 aliphatic carbocycles. The number of carbonyl (C=O) groups is 6. The zero-order valence-corrected chi connectivity index (χ0v) is 42.3. The molecule has 5 rings (SSSR count). The van der Waals surface area contributed by atoms with Crippen LogP contribution in [0.2, 0.25) is 10.0 Å². The standard InChI is InChI=1S/C49H47Cl5N8O8/c1-7-69-42-22-33(11-14-35(42)25(3)51)55-46(65)29-9-16-37(53)40(20-29)59-61-44(27(5)63)48(67)57-32-13-18-39(31(19-32)24-50)58-49(68)45(28(6)64)62-60-41-21-30(10-17-38(41)54)47(66)56-34-12-15-36(26(4)52)43(23-34)70-8-2/h9-23,25-26,44-45H,7-8,24H2,1-6H3,(H,55,65)(H,56,66)(H,57,67)(H,58,68). The first-order chi connectivity index (χ1) is 33.3. The fourth-order valence-corrected chi connectivity index (χ4v) is 7.39. The number of anilines is 4. The fourth-order valence-electron chi connectivity index (χ4n) is 6.50. The van der Waals surface area contributed by atoms with Gasteiger partial charge in [-0.15, -0.1) is 34.8 Å². The molecule has 16 nitrogen and oxygen atoms in total. The minimum absolute atomic E-state index is 0.0104. The molecular formula is C49H47Cl5N8O8. The number of ether oxygens (including phenoxy) is 2. The van der Waals surface area contributed by atoms with E-state index in [1.165, 1.54) is 54.6 Å². The van der Waals surface area contributed by atoms with Gasteiger partial charge in [-0.05, 0) is 114 Å². The summed E-state index contributed by atoms with van der Waals surface area (Å²) in [4.78, 5) is 78.8. The summed E-state index contributed by atoms with van der Waals surface area (Å²) >= 11 is 31.6. The summed E-state index contributed by atoms with van der Waals surface area (Å²) in [7, 11) is 0. The van der Waals surface area contributed by atoms with Gasteiger partial charge in [0.15, 0.2) is 11.6 Å². The van der Waals surface area contributed by atoms with E-state index in [1.54, 1.807) is 36.4 Å². The lowest BCUT2D eigenvalue weighted by Gasteiger charge is -2.15. The van der Waals surface area contributed by atoms with Gasteiger partial charge in [0.1, 0.15) is 22.9 Å². The van der Waals surface area contributed by atoms with Gasteiger partial charge in [0, 0.05) is 63.0 Å². The van der Waals surface area contributed by atoms with Crippen LogP contribution in [-0.4, -0.2) is 60.5 Å². The first-order valence-corrected chi connectivity index (χ1v) is 23.7. The van der Waals surface area contributed by atoms with Crippen LogP contribution in [0.4, 0.5) is 34.1 Å². The molecule has 366 valence electrons. The highest BCUT2D eigenvalue weighted by atomic mass is 35.5. The van der Waals surface area contributed by atoms with Crippen molar-refractivity contribution in [2.24, 2.45) is 20.5 Å². The Bertz CT molecular complexity index is 2860. The number of nitrogens with zero attached hydrogens (tertiary/aromatic N) is 4. The monoisotopic (exact) mass is 1050 g/mol. The normalized spacial score (nSPS) is 13.0. The molecule has 0 heterocycles. The summed E-state index contributed by atoms with van der Waals surface area (Å²) in [5.74, 6) is -3.18. The zero-order valence-electron chi connectivity index (χ0n) is 38.5. The largest absolute Gasteiger partial charge is 0.493 e. The number of hydrogen-bond acceptors (Lipinski definition) is 12. The summed E-state index contributed by atoms with van der Waals surface area (Å²) < 4.78 is 11.4. The second-order valence-corrected chi connectivity index (χ2v) is 17.7. The predicted molar refractivity (Wildman–Crippen MR) is 274 cm³/mol. The van der Waals surface area contributed by atoms with Gasteiger partial charge >= 0.3 is 0 Å². The summed E-state index contributed by atoms with van der Waals surface area (Å²) in [6.07, 6.45) is 0. The van der Waals surface area contributed by atoms with Crippen molar-refractivity contribution in [2.45, 2.75) is 70.3 Å². The average Bonchev–Trinajstić information content (AvgIpc) is 3.30. The molecule has 4 unspecified atom stereocenters. The fraction of sp³-hybridized carbons (Fsp3) is 0.265. The quantitative estimate of drug-likeness (QED) is 0.0314. The molecule has 4 amide bonds. The molecule has 0 fully saturated rings. The Morgan fingerprint density at radius 2 is 0.971 bits per heavy atom. The van der Waals surface area contributed by atoms with E-state index in [0.717, 1.165) is 25.0 Å². The molecule has 5 aromatic carbocycles. The maximum Gasteiger partial charge on any atom is 0.258 e. The highest BCUT2D eigenvalue weighted by Gasteiger charge is 2.26. The number of Topliss-reactive ketones (excluding diaryl/α,β-unsaturated/α-hetero) is 2. The number of nitrogens with one attached hydrogen (secondary N) is 4. The van der Waals surface area contributed by atoms with Crippen molar-refractivity contribution in [2.75, 3.05) is 34.5 Å². The van der Waals surface area contributed by atoms with Crippen molar-refractivity contribution >= 4 is 127 Å². The first-order valence-electron chi connectivity index (χ1n) is 21.5. The zero-order chi connectivity index (χ0) is 51.2. The Morgan fingerprint density at radius 3 is 1.37 bits per heavy atom. The Hall–Kier alpha value is -6.43. The average molecular weight is 1050 g/mol. The first kappa shape index (κ1) is 54.5. The van der Waals surface area contributed by atoms with E-state index in [1.807, 2.05) is 27.7 Å². The summed E-state index contributed by atoms with van der Waals surface area (Å²) in [5, 5.41) is 26.4. The van der Waals surface area contributed by atoms with Crippen LogP contribution in [0.15, 0.2) is 111 Å². The van der Waals surface area contributed by atoms with Crippen LogP contribution >= 0.6 is 58.0 Å². The molecular weight excluding hydrogens is 1010 g/mol. The van der Waals surface area contributed by atoms with Crippen molar-refractivity contribution in [3.05, 3.63) is 129 Å². The van der Waals surface area contributed by atoms with Crippen LogP contribution in [0, 0.1) is 0 Å². The Balaban J connectivity index is 1.26. The van der Waals surface area contributed by atoms with Gasteiger partial charge in [0.05, 0.1) is 34.0 Å². The molecule has 0 saturated carbocycles. The molecule has 0 saturated heterocycles. The van der Waals surface area contributed by atoms with E-state index in [9.17, 15) is 28.8 Å². The molecule has 0 bridgehead atoms. The molecule has 4 N–H and O–H groups in total. The minimum atomic E-state index is -1.65. The highest BCUT2D eigenvalue weighted by Crippen LogP contribution is 2.35. The van der Waals surface area contributed by atoms with E-state index in [4.69, 9.17) is 67.5 Å². The predicted octanol–water partition coefficient (Wildman–Crippen LogP) is 13.0. The Morgan fingerprint density at radius 1 is 0.557 bits per heavy atom. The van der Waals surface area contributed by atoms with Gasteiger partial charge in [-0.25, -0.2) is 0 Å². The van der Waals surface area contributed by atoms with Crippen molar-refractivity contribution in [1.29, 1.82) is 0 Å².